The first kappa shape index (κ1) is 14.9. The van der Waals surface area contributed by atoms with E-state index in [1.807, 2.05) is 26.8 Å². The minimum Gasteiger partial charge on any atom is -0.444 e. The number of carbonyl (C=O) groups excluding carboxylic acids is 1. The molecule has 1 aliphatic heterocycles. The molecule has 0 aromatic carbocycles. The number of carbonyl (C=O) groups is 1. The molecule has 0 bridgehead atoms. The molecule has 1 unspecified atom stereocenters. The van der Waals surface area contributed by atoms with Crippen LogP contribution in [-0.4, -0.2) is 28.3 Å². The zero-order valence-electron chi connectivity index (χ0n) is 12.8. The summed E-state index contributed by atoms with van der Waals surface area (Å²) in [5.74, 6) is 0.775. The lowest BCUT2D eigenvalue weighted by Crippen LogP contribution is -2.36. The maximum atomic E-state index is 12.2. The van der Waals surface area contributed by atoms with Gasteiger partial charge in [-0.25, -0.2) is 4.79 Å². The topological polar surface area (TPSA) is 55.6 Å². The molecule has 112 valence electrons. The van der Waals surface area contributed by atoms with Crippen LogP contribution in [0.3, 0.4) is 0 Å². The zero-order chi connectivity index (χ0) is 14.8. The van der Waals surface area contributed by atoms with E-state index in [0.29, 0.717) is 6.54 Å². The van der Waals surface area contributed by atoms with E-state index in [1.165, 1.54) is 0 Å². The molecule has 1 aliphatic rings. The number of hydrogen-bond acceptors (Lipinski definition) is 4. The Hall–Kier alpha value is -1.52. The van der Waals surface area contributed by atoms with Gasteiger partial charge in [-0.2, -0.15) is 0 Å². The molecule has 1 fully saturated rings. The van der Waals surface area contributed by atoms with Crippen molar-refractivity contribution in [2.45, 2.75) is 65.0 Å². The Morgan fingerprint density at radius 2 is 2.30 bits per heavy atom. The van der Waals surface area contributed by atoms with Gasteiger partial charge in [0, 0.05) is 12.6 Å². The van der Waals surface area contributed by atoms with E-state index in [2.05, 4.69) is 12.1 Å². The summed E-state index contributed by atoms with van der Waals surface area (Å²) in [5.41, 5.74) is 0.484. The Morgan fingerprint density at radius 3 is 2.95 bits per heavy atom. The molecular weight excluding hydrogens is 256 g/mol. The fourth-order valence-electron chi connectivity index (χ4n) is 2.46. The molecule has 0 N–H and O–H groups in total. The number of amides is 1. The van der Waals surface area contributed by atoms with Crippen molar-refractivity contribution in [3.8, 4) is 0 Å². The lowest BCUT2D eigenvalue weighted by atomic mass is 10.1. The van der Waals surface area contributed by atoms with E-state index in [-0.39, 0.29) is 12.1 Å². The highest BCUT2D eigenvalue weighted by molar-refractivity contribution is 5.69. The fraction of sp³-hybridized carbons (Fsp3) is 0.733. The summed E-state index contributed by atoms with van der Waals surface area (Å²) in [7, 11) is 0. The normalized spacial score (nSPS) is 19.4. The van der Waals surface area contributed by atoms with Crippen LogP contribution in [0.25, 0.3) is 0 Å². The van der Waals surface area contributed by atoms with Gasteiger partial charge in [-0.3, -0.25) is 4.90 Å². The molecule has 1 aromatic heterocycles. The molecule has 0 spiro atoms. The molecular formula is C15H24N2O3. The van der Waals surface area contributed by atoms with Crippen LogP contribution in [0.4, 0.5) is 4.79 Å². The average molecular weight is 280 g/mol. The minimum absolute atomic E-state index is 0.0389. The maximum absolute atomic E-state index is 12.2. The van der Waals surface area contributed by atoms with E-state index >= 15 is 0 Å². The summed E-state index contributed by atoms with van der Waals surface area (Å²) in [6.07, 6.45) is 3.54. The third kappa shape index (κ3) is 3.52. The number of aromatic nitrogens is 1. The monoisotopic (exact) mass is 280 g/mol. The molecule has 1 atom stereocenters. The van der Waals surface area contributed by atoms with Crippen LogP contribution in [0, 0.1) is 0 Å². The molecule has 5 nitrogen and oxygen atoms in total. The van der Waals surface area contributed by atoms with Crippen LogP contribution >= 0.6 is 0 Å². The standard InChI is InChI=1S/C15H24N2O3/c1-5-7-11-10-13(20-16-11)12-8-6-9-17(12)14(18)19-15(2,3)4/h10,12H,5-9H2,1-4H3. The molecule has 0 radical (unpaired) electrons. The first-order valence-corrected chi connectivity index (χ1v) is 7.36. The molecule has 20 heavy (non-hydrogen) atoms. The van der Waals surface area contributed by atoms with Crippen LogP contribution in [0.15, 0.2) is 10.6 Å². The van der Waals surface area contributed by atoms with E-state index in [1.54, 1.807) is 4.90 Å². The molecule has 1 aromatic rings. The zero-order valence-corrected chi connectivity index (χ0v) is 12.8. The fourth-order valence-corrected chi connectivity index (χ4v) is 2.46. The van der Waals surface area contributed by atoms with Crippen LogP contribution in [0.5, 0.6) is 0 Å². The Morgan fingerprint density at radius 1 is 1.55 bits per heavy atom. The second kappa shape index (κ2) is 5.85. The van der Waals surface area contributed by atoms with Crippen LogP contribution in [-0.2, 0) is 11.2 Å². The van der Waals surface area contributed by atoms with Crippen molar-refractivity contribution in [3.05, 3.63) is 17.5 Å². The van der Waals surface area contributed by atoms with Crippen LogP contribution in [0.2, 0.25) is 0 Å². The lowest BCUT2D eigenvalue weighted by molar-refractivity contribution is 0.0204. The Labute approximate surface area is 120 Å². The summed E-state index contributed by atoms with van der Waals surface area (Å²) >= 11 is 0. The summed E-state index contributed by atoms with van der Waals surface area (Å²) in [4.78, 5) is 14.0. The molecule has 0 aliphatic carbocycles. The summed E-state index contributed by atoms with van der Waals surface area (Å²) < 4.78 is 10.9. The predicted molar refractivity (Wildman–Crippen MR) is 75.4 cm³/mol. The van der Waals surface area contributed by atoms with Gasteiger partial charge < -0.3 is 9.26 Å². The minimum atomic E-state index is -0.473. The Bertz CT molecular complexity index is 462. The van der Waals surface area contributed by atoms with E-state index in [9.17, 15) is 4.79 Å². The lowest BCUT2D eigenvalue weighted by Gasteiger charge is -2.27. The van der Waals surface area contributed by atoms with Gasteiger partial charge in [-0.1, -0.05) is 18.5 Å². The first-order chi connectivity index (χ1) is 9.40. The van der Waals surface area contributed by atoms with Crippen molar-refractivity contribution in [1.82, 2.24) is 10.1 Å². The summed E-state index contributed by atoms with van der Waals surface area (Å²) in [6, 6.07) is 1.93. The van der Waals surface area contributed by atoms with Crippen molar-refractivity contribution in [3.63, 3.8) is 0 Å². The second-order valence-electron chi connectivity index (χ2n) is 6.30. The van der Waals surface area contributed by atoms with Gasteiger partial charge in [0.1, 0.15) is 5.60 Å². The van der Waals surface area contributed by atoms with Crippen molar-refractivity contribution < 1.29 is 14.1 Å². The van der Waals surface area contributed by atoms with E-state index < -0.39 is 5.60 Å². The van der Waals surface area contributed by atoms with Crippen LogP contribution in [0.1, 0.15) is 64.5 Å². The predicted octanol–water partition coefficient (Wildman–Crippen LogP) is 3.70. The number of nitrogens with zero attached hydrogens (tertiary/aromatic N) is 2. The molecule has 0 saturated carbocycles. The Kier molecular flexibility index (Phi) is 4.35. The SMILES string of the molecule is CCCc1cc(C2CCCN2C(=O)OC(C)(C)C)on1. The van der Waals surface area contributed by atoms with E-state index in [0.717, 1.165) is 37.1 Å². The van der Waals surface area contributed by atoms with Gasteiger partial charge in [0.2, 0.25) is 0 Å². The molecule has 5 heteroatoms. The molecule has 2 heterocycles. The highest BCUT2D eigenvalue weighted by atomic mass is 16.6. The van der Waals surface area contributed by atoms with Crippen molar-refractivity contribution >= 4 is 6.09 Å². The van der Waals surface area contributed by atoms with Gasteiger partial charge in [0.05, 0.1) is 11.7 Å². The summed E-state index contributed by atoms with van der Waals surface area (Å²) in [6.45, 7) is 8.46. The highest BCUT2D eigenvalue weighted by Gasteiger charge is 2.35. The molecule has 1 saturated heterocycles. The van der Waals surface area contributed by atoms with Crippen molar-refractivity contribution in [2.75, 3.05) is 6.54 Å². The third-order valence-corrected chi connectivity index (χ3v) is 3.29. The average Bonchev–Trinajstić information content (AvgIpc) is 2.93. The number of rotatable bonds is 3. The van der Waals surface area contributed by atoms with Gasteiger partial charge in [-0.05, 0) is 40.0 Å². The van der Waals surface area contributed by atoms with Crippen LogP contribution < -0.4 is 0 Å². The maximum Gasteiger partial charge on any atom is 0.410 e. The van der Waals surface area contributed by atoms with Gasteiger partial charge in [0.15, 0.2) is 5.76 Å². The smallest absolute Gasteiger partial charge is 0.410 e. The highest BCUT2D eigenvalue weighted by Crippen LogP contribution is 2.33. The van der Waals surface area contributed by atoms with Crippen molar-refractivity contribution in [2.24, 2.45) is 0 Å². The quantitative estimate of drug-likeness (QED) is 0.847. The van der Waals surface area contributed by atoms with Gasteiger partial charge in [0.25, 0.3) is 0 Å². The van der Waals surface area contributed by atoms with Crippen molar-refractivity contribution in [1.29, 1.82) is 0 Å². The Balaban J connectivity index is 2.08. The second-order valence-corrected chi connectivity index (χ2v) is 6.30. The summed E-state index contributed by atoms with van der Waals surface area (Å²) in [5, 5.41) is 4.07. The number of ether oxygens (including phenoxy) is 1. The number of likely N-dealkylation sites (tertiary alicyclic amines) is 1. The van der Waals surface area contributed by atoms with Gasteiger partial charge in [-0.15, -0.1) is 0 Å². The molecule has 1 amide bonds. The third-order valence-electron chi connectivity index (χ3n) is 3.29. The van der Waals surface area contributed by atoms with E-state index in [4.69, 9.17) is 9.26 Å². The number of aryl methyl sites for hydroxylation is 1. The number of hydrogen-bond donors (Lipinski definition) is 0. The first-order valence-electron chi connectivity index (χ1n) is 7.36. The largest absolute Gasteiger partial charge is 0.444 e. The molecule has 2 rings (SSSR count). The van der Waals surface area contributed by atoms with Gasteiger partial charge >= 0.3 is 6.09 Å².